The van der Waals surface area contributed by atoms with Crippen molar-refractivity contribution in [3.8, 4) is 0 Å². The molecule has 0 saturated heterocycles. The molecule has 1 heterocycles. The first-order valence-corrected chi connectivity index (χ1v) is 9.15. The molecular weight excluding hydrogens is 352 g/mol. The molecule has 0 fully saturated rings. The van der Waals surface area contributed by atoms with Crippen molar-refractivity contribution in [2.75, 3.05) is 0 Å². The molecule has 0 amide bonds. The Morgan fingerprint density at radius 1 is 1.21 bits per heavy atom. The van der Waals surface area contributed by atoms with Crippen LogP contribution in [0.4, 0.5) is 0 Å². The number of nitrogens with one attached hydrogen (secondary N) is 1. The van der Waals surface area contributed by atoms with Gasteiger partial charge in [-0.3, -0.25) is 4.57 Å². The van der Waals surface area contributed by atoms with Crippen LogP contribution < -0.4 is 10.5 Å². The van der Waals surface area contributed by atoms with Gasteiger partial charge in [-0.15, -0.1) is 0 Å². The van der Waals surface area contributed by atoms with Crippen molar-refractivity contribution in [3.05, 3.63) is 63.6 Å². The van der Waals surface area contributed by atoms with Crippen LogP contribution in [0.1, 0.15) is 12.5 Å². The number of sulfonamides is 1. The lowest BCUT2D eigenvalue weighted by Crippen LogP contribution is -2.23. The average Bonchev–Trinajstić information content (AvgIpc) is 2.87. The number of benzene rings is 2. The minimum atomic E-state index is -3.84. The molecule has 2 aromatic carbocycles. The smallest absolute Gasteiger partial charge is 0.408 e. The van der Waals surface area contributed by atoms with E-state index >= 15 is 0 Å². The van der Waals surface area contributed by atoms with E-state index in [1.165, 1.54) is 16.7 Å². The van der Waals surface area contributed by atoms with E-state index in [2.05, 4.69) is 4.72 Å². The summed E-state index contributed by atoms with van der Waals surface area (Å²) in [7, 11) is -3.84. The quantitative estimate of drug-likeness (QED) is 0.752. The maximum Gasteiger partial charge on any atom is 0.419 e. The monoisotopic (exact) mass is 366 g/mol. The van der Waals surface area contributed by atoms with Crippen molar-refractivity contribution in [2.24, 2.45) is 0 Å². The molecule has 0 spiro atoms. The topological polar surface area (TPSA) is 81.3 Å². The molecule has 8 heteroatoms. The fraction of sp³-hybridized carbons (Fsp3) is 0.188. The van der Waals surface area contributed by atoms with E-state index in [-0.39, 0.29) is 22.0 Å². The Kier molecular flexibility index (Phi) is 4.49. The summed E-state index contributed by atoms with van der Waals surface area (Å²) in [6.07, 6.45) is 0. The zero-order chi connectivity index (χ0) is 17.3. The van der Waals surface area contributed by atoms with Gasteiger partial charge in [-0.1, -0.05) is 41.9 Å². The molecule has 126 valence electrons. The van der Waals surface area contributed by atoms with Gasteiger partial charge in [0.15, 0.2) is 5.58 Å². The third kappa shape index (κ3) is 3.10. The Hall–Kier alpha value is -2.09. The normalized spacial score (nSPS) is 11.9. The van der Waals surface area contributed by atoms with Crippen LogP contribution in [-0.2, 0) is 23.1 Å². The number of hydrogen-bond donors (Lipinski definition) is 1. The van der Waals surface area contributed by atoms with Crippen LogP contribution in [0.2, 0.25) is 5.02 Å². The van der Waals surface area contributed by atoms with E-state index in [0.717, 1.165) is 5.56 Å². The Morgan fingerprint density at radius 2 is 1.92 bits per heavy atom. The average molecular weight is 367 g/mol. The molecule has 24 heavy (non-hydrogen) atoms. The number of aryl methyl sites for hydroxylation is 1. The molecular formula is C16H15ClN2O4S. The summed E-state index contributed by atoms with van der Waals surface area (Å²) in [4.78, 5) is 11.6. The molecule has 0 atom stereocenters. The molecule has 3 aromatic rings. The molecule has 0 unspecified atom stereocenters. The van der Waals surface area contributed by atoms with Gasteiger partial charge in [0, 0.05) is 19.2 Å². The third-order valence-electron chi connectivity index (χ3n) is 3.64. The van der Waals surface area contributed by atoms with E-state index in [9.17, 15) is 13.2 Å². The van der Waals surface area contributed by atoms with Crippen LogP contribution in [0.15, 0.2) is 56.6 Å². The minimum Gasteiger partial charge on any atom is -0.408 e. The maximum atomic E-state index is 12.5. The third-order valence-corrected chi connectivity index (χ3v) is 5.50. The van der Waals surface area contributed by atoms with Crippen molar-refractivity contribution in [1.29, 1.82) is 0 Å². The summed E-state index contributed by atoms with van der Waals surface area (Å²) in [5.41, 5.74) is 1.47. The number of hydrogen-bond acceptors (Lipinski definition) is 4. The molecule has 0 aliphatic carbocycles. The Balaban J connectivity index is 1.98. The summed E-state index contributed by atoms with van der Waals surface area (Å²) in [6.45, 7) is 2.33. The largest absolute Gasteiger partial charge is 0.419 e. The van der Waals surface area contributed by atoms with Crippen LogP contribution >= 0.6 is 11.6 Å². The minimum absolute atomic E-state index is 0.0334. The molecule has 0 aliphatic heterocycles. The predicted molar refractivity (Wildman–Crippen MR) is 91.6 cm³/mol. The fourth-order valence-electron chi connectivity index (χ4n) is 2.42. The first-order chi connectivity index (χ1) is 11.4. The second kappa shape index (κ2) is 6.43. The van der Waals surface area contributed by atoms with Gasteiger partial charge in [0.25, 0.3) is 0 Å². The molecule has 0 radical (unpaired) electrons. The lowest BCUT2D eigenvalue weighted by molar-refractivity contribution is 0.512. The second-order valence-electron chi connectivity index (χ2n) is 5.17. The molecule has 0 aliphatic rings. The first kappa shape index (κ1) is 16.8. The van der Waals surface area contributed by atoms with Gasteiger partial charge >= 0.3 is 5.76 Å². The molecule has 1 N–H and O–H groups in total. The van der Waals surface area contributed by atoms with Crippen LogP contribution in [0.3, 0.4) is 0 Å². The summed E-state index contributed by atoms with van der Waals surface area (Å²) in [5.74, 6) is -0.546. The summed E-state index contributed by atoms with van der Waals surface area (Å²) < 4.78 is 34.0. The lowest BCUT2D eigenvalue weighted by atomic mass is 10.2. The van der Waals surface area contributed by atoms with E-state index in [0.29, 0.717) is 12.1 Å². The molecule has 3 rings (SSSR count). The Morgan fingerprint density at radius 3 is 2.58 bits per heavy atom. The zero-order valence-corrected chi connectivity index (χ0v) is 14.4. The van der Waals surface area contributed by atoms with E-state index in [1.807, 2.05) is 30.3 Å². The highest BCUT2D eigenvalue weighted by Gasteiger charge is 2.21. The van der Waals surface area contributed by atoms with Gasteiger partial charge in [0.1, 0.15) is 4.90 Å². The van der Waals surface area contributed by atoms with E-state index in [1.54, 1.807) is 6.92 Å². The summed E-state index contributed by atoms with van der Waals surface area (Å²) >= 11 is 6.13. The van der Waals surface area contributed by atoms with Crippen LogP contribution in [0.25, 0.3) is 11.1 Å². The highest BCUT2D eigenvalue weighted by Crippen LogP contribution is 2.27. The molecule has 0 saturated carbocycles. The van der Waals surface area contributed by atoms with Crippen LogP contribution in [-0.4, -0.2) is 13.0 Å². The van der Waals surface area contributed by atoms with Gasteiger partial charge in [0.2, 0.25) is 10.0 Å². The van der Waals surface area contributed by atoms with Gasteiger partial charge in [-0.2, -0.15) is 0 Å². The van der Waals surface area contributed by atoms with Crippen LogP contribution in [0, 0.1) is 0 Å². The van der Waals surface area contributed by atoms with Crippen molar-refractivity contribution in [2.45, 2.75) is 24.9 Å². The van der Waals surface area contributed by atoms with Crippen LogP contribution in [0.5, 0.6) is 0 Å². The maximum absolute atomic E-state index is 12.5. The van der Waals surface area contributed by atoms with E-state index < -0.39 is 15.8 Å². The first-order valence-electron chi connectivity index (χ1n) is 7.29. The molecule has 1 aromatic heterocycles. The highest BCUT2D eigenvalue weighted by atomic mass is 35.5. The fourth-order valence-corrected chi connectivity index (χ4v) is 3.97. The zero-order valence-electron chi connectivity index (χ0n) is 12.8. The Bertz CT molecular complexity index is 1040. The Labute approximate surface area is 143 Å². The van der Waals surface area contributed by atoms with Gasteiger partial charge in [0.05, 0.1) is 10.5 Å². The highest BCUT2D eigenvalue weighted by molar-refractivity contribution is 7.89. The molecule has 6 nitrogen and oxygen atoms in total. The number of rotatable bonds is 5. The number of fused-ring (bicyclic) bond motifs is 1. The lowest BCUT2D eigenvalue weighted by Gasteiger charge is -2.09. The van der Waals surface area contributed by atoms with Gasteiger partial charge in [-0.25, -0.2) is 17.9 Å². The standard InChI is InChI=1S/C16H15ClN2O4S/c1-2-19-13-8-12(17)15(9-14(13)23-16(19)20)24(21,22)18-10-11-6-4-3-5-7-11/h3-9,18H,2,10H2,1H3. The number of aromatic nitrogens is 1. The summed E-state index contributed by atoms with van der Waals surface area (Å²) in [6, 6.07) is 11.8. The van der Waals surface area contributed by atoms with Crippen molar-refractivity contribution < 1.29 is 12.8 Å². The summed E-state index contributed by atoms with van der Waals surface area (Å²) in [5, 5.41) is 0.0334. The van der Waals surface area contributed by atoms with Crippen molar-refractivity contribution in [3.63, 3.8) is 0 Å². The van der Waals surface area contributed by atoms with Gasteiger partial charge < -0.3 is 4.42 Å². The number of halogens is 1. The number of oxazole rings is 1. The van der Waals surface area contributed by atoms with Crippen molar-refractivity contribution in [1.82, 2.24) is 9.29 Å². The predicted octanol–water partition coefficient (Wildman–Crippen LogP) is 2.75. The van der Waals surface area contributed by atoms with E-state index in [4.69, 9.17) is 16.0 Å². The van der Waals surface area contributed by atoms with Crippen molar-refractivity contribution >= 4 is 32.7 Å². The number of nitrogens with zero attached hydrogens (tertiary/aromatic N) is 1. The van der Waals surface area contributed by atoms with Gasteiger partial charge in [-0.05, 0) is 18.6 Å². The SMILES string of the molecule is CCn1c(=O)oc2cc(S(=O)(=O)NCc3ccccc3)c(Cl)cc21. The molecule has 0 bridgehead atoms. The second-order valence-corrected chi connectivity index (χ2v) is 7.32.